The van der Waals surface area contributed by atoms with Gasteiger partial charge in [-0.15, -0.1) is 11.3 Å². The molecule has 106 valence electrons. The van der Waals surface area contributed by atoms with Crippen LogP contribution in [0.3, 0.4) is 0 Å². The molecule has 5 nitrogen and oxygen atoms in total. The van der Waals surface area contributed by atoms with E-state index in [1.165, 1.54) is 11.3 Å². The van der Waals surface area contributed by atoms with E-state index in [2.05, 4.69) is 16.0 Å². The zero-order valence-corrected chi connectivity index (χ0v) is 12.3. The van der Waals surface area contributed by atoms with Crippen molar-refractivity contribution in [2.24, 2.45) is 0 Å². The second-order valence-corrected chi connectivity index (χ2v) is 5.75. The van der Waals surface area contributed by atoms with Crippen molar-refractivity contribution in [3.8, 4) is 6.07 Å². The predicted molar refractivity (Wildman–Crippen MR) is 80.1 cm³/mol. The Morgan fingerprint density at radius 2 is 2.05 bits per heavy atom. The number of hydrogen-bond donors (Lipinski definition) is 0. The van der Waals surface area contributed by atoms with Crippen LogP contribution in [0.15, 0.2) is 35.8 Å². The van der Waals surface area contributed by atoms with Crippen LogP contribution in [0.2, 0.25) is 0 Å². The predicted octanol–water partition coefficient (Wildman–Crippen LogP) is 1.40. The summed E-state index contributed by atoms with van der Waals surface area (Å²) in [5.41, 5.74) is 0.635. The average molecular weight is 299 g/mol. The van der Waals surface area contributed by atoms with Gasteiger partial charge in [0.1, 0.15) is 24.7 Å². The number of nitriles is 1. The third kappa shape index (κ3) is 2.73. The van der Waals surface area contributed by atoms with Crippen molar-refractivity contribution in [1.29, 1.82) is 5.26 Å². The lowest BCUT2D eigenvalue weighted by molar-refractivity contribution is -0.364. The number of nitrogens with one attached hydrogen (secondary N) is 1. The second-order valence-electron chi connectivity index (χ2n) is 4.80. The normalized spacial score (nSPS) is 14.8. The van der Waals surface area contributed by atoms with Gasteiger partial charge in [0, 0.05) is 0 Å². The molecule has 0 bridgehead atoms. The van der Waals surface area contributed by atoms with Gasteiger partial charge in [-0.2, -0.15) is 5.26 Å². The molecule has 0 atom stereocenters. The lowest BCUT2D eigenvalue weighted by Crippen LogP contribution is -2.50. The van der Waals surface area contributed by atoms with E-state index in [-0.39, 0.29) is 5.91 Å². The first kappa shape index (κ1) is 13.6. The Morgan fingerprint density at radius 3 is 2.71 bits per heavy atom. The van der Waals surface area contributed by atoms with Crippen LogP contribution in [0, 0.1) is 11.3 Å². The van der Waals surface area contributed by atoms with Crippen LogP contribution in [0.5, 0.6) is 0 Å². The summed E-state index contributed by atoms with van der Waals surface area (Å²) >= 11 is 1.47. The zero-order chi connectivity index (χ0) is 14.7. The maximum atomic E-state index is 12.3. The number of rotatable bonds is 2. The van der Waals surface area contributed by atoms with Crippen LogP contribution in [0.25, 0.3) is 0 Å². The van der Waals surface area contributed by atoms with E-state index >= 15 is 0 Å². The fourth-order valence-electron chi connectivity index (χ4n) is 2.47. The number of carbonyl (C=O) groups excluding carboxylic acids is 1. The van der Waals surface area contributed by atoms with Crippen LogP contribution in [0.4, 0.5) is 5.82 Å². The van der Waals surface area contributed by atoms with Crippen LogP contribution in [0.1, 0.15) is 15.2 Å². The third-order valence-electron chi connectivity index (χ3n) is 3.57. The molecule has 0 aromatic carbocycles. The number of nitrogens with zero attached hydrogens (tertiary/aromatic N) is 3. The van der Waals surface area contributed by atoms with Crippen molar-refractivity contribution < 1.29 is 9.78 Å². The summed E-state index contributed by atoms with van der Waals surface area (Å²) in [6.07, 6.45) is 1.82. The van der Waals surface area contributed by atoms with E-state index in [9.17, 15) is 4.79 Å². The molecule has 1 saturated heterocycles. The third-order valence-corrected chi connectivity index (χ3v) is 4.43. The molecular weight excluding hydrogens is 284 g/mol. The number of amides is 1. The SMILES string of the molecule is N#Cc1ccc[nH+]c1N1CCN(C(=O)c2cccs2)CC1. The van der Waals surface area contributed by atoms with Gasteiger partial charge in [-0.25, -0.2) is 4.98 Å². The molecule has 2 aromatic rings. The maximum Gasteiger partial charge on any atom is 0.292 e. The topological polar surface area (TPSA) is 61.5 Å². The second kappa shape index (κ2) is 5.94. The molecule has 1 fully saturated rings. The first-order chi connectivity index (χ1) is 10.3. The van der Waals surface area contributed by atoms with Crippen LogP contribution in [-0.4, -0.2) is 37.0 Å². The first-order valence-electron chi connectivity index (χ1n) is 6.78. The molecule has 3 rings (SSSR count). The van der Waals surface area contributed by atoms with Gasteiger partial charge in [0.15, 0.2) is 0 Å². The summed E-state index contributed by atoms with van der Waals surface area (Å²) in [6.45, 7) is 2.80. The van der Waals surface area contributed by atoms with Crippen LogP contribution in [-0.2, 0) is 0 Å². The Labute approximate surface area is 127 Å². The summed E-state index contributed by atoms with van der Waals surface area (Å²) in [5, 5.41) is 11.1. The fraction of sp³-hybridized carbons (Fsp3) is 0.267. The number of pyridine rings is 1. The molecule has 6 heteroatoms. The molecule has 0 unspecified atom stereocenters. The van der Waals surface area contributed by atoms with E-state index < -0.39 is 0 Å². The monoisotopic (exact) mass is 299 g/mol. The molecule has 0 spiro atoms. The largest absolute Gasteiger partial charge is 0.330 e. The minimum Gasteiger partial charge on any atom is -0.330 e. The first-order valence-corrected chi connectivity index (χ1v) is 7.66. The molecule has 1 N–H and O–H groups in total. The van der Waals surface area contributed by atoms with Gasteiger partial charge in [0.2, 0.25) is 0 Å². The molecular formula is C15H15N4OS+. The van der Waals surface area contributed by atoms with Crippen molar-refractivity contribution in [3.63, 3.8) is 0 Å². The minimum atomic E-state index is 0.0993. The van der Waals surface area contributed by atoms with Gasteiger partial charge < -0.3 is 4.90 Å². The Morgan fingerprint density at radius 1 is 1.24 bits per heavy atom. The summed E-state index contributed by atoms with van der Waals surface area (Å²) < 4.78 is 0. The highest BCUT2D eigenvalue weighted by molar-refractivity contribution is 7.12. The number of piperazine rings is 1. The number of H-pyrrole nitrogens is 1. The number of aromatic nitrogens is 1. The van der Waals surface area contributed by atoms with Gasteiger partial charge in [0.25, 0.3) is 11.7 Å². The van der Waals surface area contributed by atoms with Crippen molar-refractivity contribution >= 4 is 23.1 Å². The van der Waals surface area contributed by atoms with E-state index in [1.807, 2.05) is 34.7 Å². The molecule has 0 aliphatic carbocycles. The van der Waals surface area contributed by atoms with E-state index in [4.69, 9.17) is 5.26 Å². The molecule has 0 radical (unpaired) electrons. The lowest BCUT2D eigenvalue weighted by Gasteiger charge is -2.30. The maximum absolute atomic E-state index is 12.3. The summed E-state index contributed by atoms with van der Waals surface area (Å²) in [7, 11) is 0. The van der Waals surface area contributed by atoms with Crippen molar-refractivity contribution in [1.82, 2.24) is 4.90 Å². The quantitative estimate of drug-likeness (QED) is 0.842. The van der Waals surface area contributed by atoms with Crippen LogP contribution < -0.4 is 9.88 Å². The van der Waals surface area contributed by atoms with Crippen molar-refractivity contribution in [3.05, 3.63) is 46.3 Å². The molecule has 21 heavy (non-hydrogen) atoms. The van der Waals surface area contributed by atoms with Crippen molar-refractivity contribution in [2.75, 3.05) is 31.1 Å². The Hall–Kier alpha value is -2.39. The Balaban J connectivity index is 1.68. The summed E-state index contributed by atoms with van der Waals surface area (Å²) in [4.78, 5) is 20.2. The Bertz CT molecular complexity index is 669. The zero-order valence-electron chi connectivity index (χ0n) is 11.5. The Kier molecular flexibility index (Phi) is 3.84. The van der Waals surface area contributed by atoms with Gasteiger partial charge in [-0.05, 0) is 23.6 Å². The number of thiophene rings is 1. The van der Waals surface area contributed by atoms with E-state index in [0.717, 1.165) is 23.8 Å². The van der Waals surface area contributed by atoms with Crippen LogP contribution >= 0.6 is 11.3 Å². The number of anilines is 1. The average Bonchev–Trinajstić information content (AvgIpc) is 3.09. The lowest BCUT2D eigenvalue weighted by atomic mass is 10.2. The minimum absolute atomic E-state index is 0.0993. The number of hydrogen-bond acceptors (Lipinski definition) is 4. The highest BCUT2D eigenvalue weighted by Gasteiger charge is 2.28. The molecule has 1 amide bonds. The molecule has 0 saturated carbocycles. The highest BCUT2D eigenvalue weighted by Crippen LogP contribution is 2.18. The molecule has 1 aliphatic heterocycles. The van der Waals surface area contributed by atoms with E-state index in [0.29, 0.717) is 18.7 Å². The molecule has 3 heterocycles. The summed E-state index contributed by atoms with van der Waals surface area (Å²) in [6, 6.07) is 9.57. The van der Waals surface area contributed by atoms with Crippen molar-refractivity contribution in [2.45, 2.75) is 0 Å². The van der Waals surface area contributed by atoms with Gasteiger partial charge in [-0.1, -0.05) is 6.07 Å². The van der Waals surface area contributed by atoms with E-state index in [1.54, 1.807) is 6.07 Å². The van der Waals surface area contributed by atoms with Gasteiger partial charge in [-0.3, -0.25) is 9.69 Å². The molecule has 2 aromatic heterocycles. The fourth-order valence-corrected chi connectivity index (χ4v) is 3.16. The van der Waals surface area contributed by atoms with Gasteiger partial charge in [0.05, 0.1) is 24.2 Å². The van der Waals surface area contributed by atoms with Gasteiger partial charge >= 0.3 is 0 Å². The standard InChI is InChI=1S/C15H14N4OS/c16-11-12-3-1-5-17-14(12)18-6-8-19(9-7-18)15(20)13-4-2-10-21-13/h1-5,10H,6-9H2/p+1. The smallest absolute Gasteiger partial charge is 0.292 e. The number of aromatic amines is 1. The highest BCUT2D eigenvalue weighted by atomic mass is 32.1. The molecule has 1 aliphatic rings. The number of carbonyl (C=O) groups is 1. The summed E-state index contributed by atoms with van der Waals surface area (Å²) in [5.74, 6) is 0.936.